The zero-order chi connectivity index (χ0) is 12.8. The van der Waals surface area contributed by atoms with E-state index in [1.165, 1.54) is 5.56 Å². The second-order valence-corrected chi connectivity index (χ2v) is 5.17. The number of piperidine rings is 1. The number of nitrogens with one attached hydrogen (secondary N) is 2. The van der Waals surface area contributed by atoms with Gasteiger partial charge in [0.25, 0.3) is 0 Å². The van der Waals surface area contributed by atoms with Crippen LogP contribution in [0.5, 0.6) is 0 Å². The molecule has 0 atom stereocenters. The zero-order valence-corrected chi connectivity index (χ0v) is 11.7. The van der Waals surface area contributed by atoms with Crippen molar-refractivity contribution >= 4 is 17.3 Å². The predicted molar refractivity (Wildman–Crippen MR) is 79.5 cm³/mol. The van der Waals surface area contributed by atoms with E-state index in [2.05, 4.69) is 45.9 Å². The Morgan fingerprint density at radius 2 is 1.94 bits per heavy atom. The van der Waals surface area contributed by atoms with Gasteiger partial charge in [0.2, 0.25) is 0 Å². The average Bonchev–Trinajstić information content (AvgIpc) is 2.42. The van der Waals surface area contributed by atoms with Crippen LogP contribution < -0.4 is 10.6 Å². The lowest BCUT2D eigenvalue weighted by Gasteiger charge is -2.32. The van der Waals surface area contributed by atoms with Gasteiger partial charge in [0.15, 0.2) is 5.11 Å². The largest absolute Gasteiger partial charge is 0.366 e. The molecule has 1 fully saturated rings. The Labute approximate surface area is 115 Å². The molecule has 0 spiro atoms. The highest BCUT2D eigenvalue weighted by molar-refractivity contribution is 7.80. The number of nitrogens with zero attached hydrogens (tertiary/aromatic N) is 1. The van der Waals surface area contributed by atoms with Gasteiger partial charge in [-0.05, 0) is 30.6 Å². The fraction of sp³-hybridized carbons (Fsp3) is 0.500. The van der Waals surface area contributed by atoms with Crippen molar-refractivity contribution in [2.45, 2.75) is 25.4 Å². The lowest BCUT2D eigenvalue weighted by molar-refractivity contribution is 0.199. The van der Waals surface area contributed by atoms with E-state index in [9.17, 15) is 0 Å². The summed E-state index contributed by atoms with van der Waals surface area (Å²) in [6.45, 7) is 3.34. The van der Waals surface area contributed by atoms with Crippen LogP contribution in [0.25, 0.3) is 0 Å². The Morgan fingerprint density at radius 1 is 1.28 bits per heavy atom. The summed E-state index contributed by atoms with van der Waals surface area (Å²) in [5.41, 5.74) is 1.40. The van der Waals surface area contributed by atoms with Gasteiger partial charge >= 0.3 is 0 Å². The molecule has 1 aliphatic heterocycles. The number of benzene rings is 1. The van der Waals surface area contributed by atoms with E-state index in [1.807, 2.05) is 7.05 Å². The highest BCUT2D eigenvalue weighted by Gasteiger charge is 2.19. The molecule has 0 aliphatic carbocycles. The molecule has 1 aromatic rings. The maximum atomic E-state index is 5.13. The predicted octanol–water partition coefficient (Wildman–Crippen LogP) is 1.74. The first-order valence-corrected chi connectivity index (χ1v) is 6.93. The molecule has 1 aliphatic rings. The van der Waals surface area contributed by atoms with E-state index in [0.717, 1.165) is 37.6 Å². The lowest BCUT2D eigenvalue weighted by Crippen LogP contribution is -2.46. The van der Waals surface area contributed by atoms with Gasteiger partial charge < -0.3 is 10.6 Å². The normalized spacial score (nSPS) is 17.4. The summed E-state index contributed by atoms with van der Waals surface area (Å²) in [6, 6.07) is 11.2. The molecule has 0 unspecified atom stereocenters. The van der Waals surface area contributed by atoms with E-state index < -0.39 is 0 Å². The second-order valence-electron chi connectivity index (χ2n) is 4.76. The summed E-state index contributed by atoms with van der Waals surface area (Å²) < 4.78 is 0. The molecule has 2 rings (SSSR count). The molecule has 4 heteroatoms. The molecule has 0 saturated carbocycles. The number of hydrogen-bond donors (Lipinski definition) is 2. The molecule has 0 aromatic heterocycles. The number of thiocarbonyl (C=S) groups is 1. The van der Waals surface area contributed by atoms with E-state index in [1.54, 1.807) is 0 Å². The summed E-state index contributed by atoms with van der Waals surface area (Å²) in [5, 5.41) is 7.08. The SMILES string of the molecule is CNC(=S)NC1CCN(Cc2ccccc2)CC1. The first kappa shape index (κ1) is 13.3. The summed E-state index contributed by atoms with van der Waals surface area (Å²) in [7, 11) is 1.86. The number of hydrogen-bond acceptors (Lipinski definition) is 2. The van der Waals surface area contributed by atoms with E-state index in [-0.39, 0.29) is 0 Å². The van der Waals surface area contributed by atoms with Crippen LogP contribution in [-0.2, 0) is 6.54 Å². The average molecular weight is 263 g/mol. The standard InChI is InChI=1S/C14H21N3S/c1-15-14(18)16-13-7-9-17(10-8-13)11-12-5-3-2-4-6-12/h2-6,13H,7-11H2,1H3,(H2,15,16,18). The first-order chi connectivity index (χ1) is 8.78. The fourth-order valence-corrected chi connectivity index (χ4v) is 2.50. The van der Waals surface area contributed by atoms with Crippen LogP contribution in [0.2, 0.25) is 0 Å². The minimum Gasteiger partial charge on any atom is -0.366 e. The fourth-order valence-electron chi connectivity index (χ4n) is 2.33. The third-order valence-corrected chi connectivity index (χ3v) is 3.72. The van der Waals surface area contributed by atoms with Crippen LogP contribution in [0.15, 0.2) is 30.3 Å². The third-order valence-electron chi connectivity index (χ3n) is 3.40. The smallest absolute Gasteiger partial charge is 0.166 e. The van der Waals surface area contributed by atoms with Crippen LogP contribution in [0.1, 0.15) is 18.4 Å². The van der Waals surface area contributed by atoms with Crippen molar-refractivity contribution in [1.82, 2.24) is 15.5 Å². The van der Waals surface area contributed by atoms with E-state index in [0.29, 0.717) is 6.04 Å². The van der Waals surface area contributed by atoms with Gasteiger partial charge in [-0.15, -0.1) is 0 Å². The van der Waals surface area contributed by atoms with E-state index >= 15 is 0 Å². The van der Waals surface area contributed by atoms with Gasteiger partial charge in [-0.1, -0.05) is 30.3 Å². The molecule has 1 saturated heterocycles. The molecule has 2 N–H and O–H groups in total. The first-order valence-electron chi connectivity index (χ1n) is 6.52. The van der Waals surface area contributed by atoms with Crippen molar-refractivity contribution in [3.05, 3.63) is 35.9 Å². The number of rotatable bonds is 3. The quantitative estimate of drug-likeness (QED) is 0.813. The van der Waals surface area contributed by atoms with Crippen LogP contribution in [0, 0.1) is 0 Å². The molecule has 0 bridgehead atoms. The van der Waals surface area contributed by atoms with Crippen molar-refractivity contribution in [1.29, 1.82) is 0 Å². The molecule has 0 amide bonds. The van der Waals surface area contributed by atoms with Gasteiger partial charge in [-0.3, -0.25) is 4.90 Å². The monoisotopic (exact) mass is 263 g/mol. The Hall–Kier alpha value is -1.13. The van der Waals surface area contributed by atoms with Gasteiger partial charge in [0.05, 0.1) is 0 Å². The van der Waals surface area contributed by atoms with Crippen LogP contribution in [0.4, 0.5) is 0 Å². The molecule has 0 radical (unpaired) electrons. The van der Waals surface area contributed by atoms with Crippen molar-refractivity contribution in [3.8, 4) is 0 Å². The van der Waals surface area contributed by atoms with Crippen LogP contribution in [-0.4, -0.2) is 36.2 Å². The molecule has 18 heavy (non-hydrogen) atoms. The van der Waals surface area contributed by atoms with Crippen molar-refractivity contribution in [2.75, 3.05) is 20.1 Å². The summed E-state index contributed by atoms with van der Waals surface area (Å²) >= 11 is 5.13. The van der Waals surface area contributed by atoms with Gasteiger partial charge in [-0.2, -0.15) is 0 Å². The maximum absolute atomic E-state index is 5.13. The molecular formula is C14H21N3S. The lowest BCUT2D eigenvalue weighted by atomic mass is 10.0. The minimum atomic E-state index is 0.525. The molecule has 1 heterocycles. The Balaban J connectivity index is 1.75. The molecule has 1 aromatic carbocycles. The molecule has 3 nitrogen and oxygen atoms in total. The van der Waals surface area contributed by atoms with Crippen LogP contribution >= 0.6 is 12.2 Å². The van der Waals surface area contributed by atoms with E-state index in [4.69, 9.17) is 12.2 Å². The van der Waals surface area contributed by atoms with Gasteiger partial charge in [-0.25, -0.2) is 0 Å². The topological polar surface area (TPSA) is 27.3 Å². The molecular weight excluding hydrogens is 242 g/mol. The second kappa shape index (κ2) is 6.71. The highest BCUT2D eigenvalue weighted by atomic mass is 32.1. The maximum Gasteiger partial charge on any atom is 0.166 e. The van der Waals surface area contributed by atoms with Crippen molar-refractivity contribution in [3.63, 3.8) is 0 Å². The summed E-state index contributed by atoms with van der Waals surface area (Å²) in [6.07, 6.45) is 2.32. The van der Waals surface area contributed by atoms with Gasteiger partial charge in [0, 0.05) is 32.7 Å². The summed E-state index contributed by atoms with van der Waals surface area (Å²) in [5.74, 6) is 0. The van der Waals surface area contributed by atoms with Crippen molar-refractivity contribution < 1.29 is 0 Å². The third kappa shape index (κ3) is 3.96. The van der Waals surface area contributed by atoms with Crippen molar-refractivity contribution in [2.24, 2.45) is 0 Å². The van der Waals surface area contributed by atoms with Gasteiger partial charge in [0.1, 0.15) is 0 Å². The highest BCUT2D eigenvalue weighted by Crippen LogP contribution is 2.13. The summed E-state index contributed by atoms with van der Waals surface area (Å²) in [4.78, 5) is 2.51. The number of likely N-dealkylation sites (tertiary alicyclic amines) is 1. The Morgan fingerprint density at radius 3 is 2.56 bits per heavy atom. The molecule has 98 valence electrons. The minimum absolute atomic E-state index is 0.525. The van der Waals surface area contributed by atoms with Crippen LogP contribution in [0.3, 0.4) is 0 Å². The Kier molecular flexibility index (Phi) is 4.96. The Bertz CT molecular complexity index is 372. The zero-order valence-electron chi connectivity index (χ0n) is 10.9.